The van der Waals surface area contributed by atoms with Gasteiger partial charge >= 0.3 is 0 Å². The quantitative estimate of drug-likeness (QED) is 0.843. The van der Waals surface area contributed by atoms with Gasteiger partial charge in [0.2, 0.25) is 5.88 Å². The summed E-state index contributed by atoms with van der Waals surface area (Å²) in [5.74, 6) is 0.817. The molecule has 132 valence electrons. The number of pyridine rings is 1. The molecule has 0 bridgehead atoms. The van der Waals surface area contributed by atoms with Crippen LogP contribution in [0.1, 0.15) is 29.6 Å². The molecule has 2 saturated heterocycles. The van der Waals surface area contributed by atoms with Gasteiger partial charge in [-0.25, -0.2) is 4.98 Å². The predicted molar refractivity (Wildman–Crippen MR) is 89.2 cm³/mol. The highest BCUT2D eigenvalue weighted by atomic mass is 16.5. The zero-order valence-corrected chi connectivity index (χ0v) is 14.5. The van der Waals surface area contributed by atoms with Gasteiger partial charge in [-0.15, -0.1) is 0 Å². The summed E-state index contributed by atoms with van der Waals surface area (Å²) in [6, 6.07) is 3.55. The molecule has 2 aliphatic heterocycles. The highest BCUT2D eigenvalue weighted by Crippen LogP contribution is 2.45. The first-order chi connectivity index (χ1) is 11.7. The van der Waals surface area contributed by atoms with Gasteiger partial charge in [0.1, 0.15) is 5.56 Å². The van der Waals surface area contributed by atoms with Crippen molar-refractivity contribution in [3.8, 4) is 5.88 Å². The number of aromatic nitrogens is 1. The maximum absolute atomic E-state index is 12.8. The van der Waals surface area contributed by atoms with Crippen molar-refractivity contribution >= 4 is 5.91 Å². The minimum Gasteiger partial charge on any atom is -0.480 e. The smallest absolute Gasteiger partial charge is 0.259 e. The molecule has 0 radical (unpaired) electrons. The second kappa shape index (κ2) is 7.49. The number of hydrogen-bond donors (Lipinski definition) is 0. The van der Waals surface area contributed by atoms with Crippen LogP contribution in [-0.4, -0.2) is 62.9 Å². The van der Waals surface area contributed by atoms with Crippen molar-refractivity contribution in [2.75, 3.05) is 47.1 Å². The molecule has 24 heavy (non-hydrogen) atoms. The molecule has 0 aliphatic carbocycles. The third-order valence-corrected chi connectivity index (χ3v) is 5.54. The highest BCUT2D eigenvalue weighted by molar-refractivity contribution is 5.96. The summed E-state index contributed by atoms with van der Waals surface area (Å²) in [6.45, 7) is 3.82. The molecule has 2 fully saturated rings. The average molecular weight is 334 g/mol. The SMILES string of the molecule is COC[C@@H]1COCCC12CCN(C(=O)c1cccnc1OC)CC2. The lowest BCUT2D eigenvalue weighted by atomic mass is 9.66. The van der Waals surface area contributed by atoms with Gasteiger partial charge in [0.15, 0.2) is 0 Å². The third-order valence-electron chi connectivity index (χ3n) is 5.54. The van der Waals surface area contributed by atoms with Crippen LogP contribution < -0.4 is 4.74 Å². The van der Waals surface area contributed by atoms with Gasteiger partial charge in [-0.3, -0.25) is 4.79 Å². The van der Waals surface area contributed by atoms with Crippen LogP contribution in [0.5, 0.6) is 5.88 Å². The van der Waals surface area contributed by atoms with Gasteiger partial charge in [0, 0.05) is 38.9 Å². The minimum absolute atomic E-state index is 0.00477. The van der Waals surface area contributed by atoms with Crippen LogP contribution >= 0.6 is 0 Å². The highest BCUT2D eigenvalue weighted by Gasteiger charge is 2.44. The zero-order chi connectivity index (χ0) is 17.0. The Morgan fingerprint density at radius 3 is 2.88 bits per heavy atom. The summed E-state index contributed by atoms with van der Waals surface area (Å²) in [5.41, 5.74) is 0.778. The number of carbonyl (C=O) groups excluding carboxylic acids is 1. The molecular formula is C18H26N2O4. The van der Waals surface area contributed by atoms with Crippen molar-refractivity contribution in [3.05, 3.63) is 23.9 Å². The Bertz CT molecular complexity index is 568. The van der Waals surface area contributed by atoms with Crippen LogP contribution in [0.3, 0.4) is 0 Å². The number of rotatable bonds is 4. The molecule has 0 aromatic carbocycles. The number of piperidine rings is 1. The van der Waals surface area contributed by atoms with Crippen molar-refractivity contribution in [1.82, 2.24) is 9.88 Å². The topological polar surface area (TPSA) is 60.9 Å². The normalized spacial score (nSPS) is 23.2. The Balaban J connectivity index is 1.69. The zero-order valence-electron chi connectivity index (χ0n) is 14.5. The largest absolute Gasteiger partial charge is 0.480 e. The Kier molecular flexibility index (Phi) is 5.36. The Labute approximate surface area is 143 Å². The summed E-state index contributed by atoms with van der Waals surface area (Å²) >= 11 is 0. The van der Waals surface area contributed by atoms with Crippen LogP contribution in [-0.2, 0) is 9.47 Å². The fourth-order valence-electron chi connectivity index (χ4n) is 4.01. The van der Waals surface area contributed by atoms with E-state index in [9.17, 15) is 4.79 Å². The lowest BCUT2D eigenvalue weighted by Crippen LogP contribution is -2.50. The maximum Gasteiger partial charge on any atom is 0.259 e. The van der Waals surface area contributed by atoms with E-state index in [1.54, 1.807) is 32.5 Å². The number of nitrogens with zero attached hydrogens (tertiary/aromatic N) is 2. The molecule has 6 nitrogen and oxygen atoms in total. The van der Waals surface area contributed by atoms with Gasteiger partial charge in [-0.05, 0) is 36.8 Å². The first kappa shape index (κ1) is 17.2. The Morgan fingerprint density at radius 1 is 1.38 bits per heavy atom. The molecule has 1 atom stereocenters. The molecule has 1 amide bonds. The molecule has 1 aromatic heterocycles. The number of hydrogen-bond acceptors (Lipinski definition) is 5. The average Bonchev–Trinajstić information content (AvgIpc) is 2.64. The molecule has 1 aromatic rings. The Hall–Kier alpha value is -1.66. The van der Waals surface area contributed by atoms with Gasteiger partial charge in [0.25, 0.3) is 5.91 Å². The molecule has 6 heteroatoms. The predicted octanol–water partition coefficient (Wildman–Crippen LogP) is 2.00. The van der Waals surface area contributed by atoms with Crippen LogP contribution in [0.4, 0.5) is 0 Å². The second-order valence-electron chi connectivity index (χ2n) is 6.69. The summed E-state index contributed by atoms with van der Waals surface area (Å²) < 4.78 is 16.3. The number of likely N-dealkylation sites (tertiary alicyclic amines) is 1. The molecule has 2 aliphatic rings. The lowest BCUT2D eigenvalue weighted by molar-refractivity contribution is -0.0912. The number of methoxy groups -OCH3 is 2. The van der Waals surface area contributed by atoms with Gasteiger partial charge in [0.05, 0.1) is 20.3 Å². The molecule has 1 spiro atoms. The van der Waals surface area contributed by atoms with Crippen molar-refractivity contribution in [3.63, 3.8) is 0 Å². The van der Waals surface area contributed by atoms with Crippen LogP contribution in [0.25, 0.3) is 0 Å². The van der Waals surface area contributed by atoms with Crippen LogP contribution in [0.15, 0.2) is 18.3 Å². The number of carbonyl (C=O) groups is 1. The van der Waals surface area contributed by atoms with E-state index < -0.39 is 0 Å². The summed E-state index contributed by atoms with van der Waals surface area (Å²) in [5, 5.41) is 0. The fourth-order valence-corrected chi connectivity index (χ4v) is 4.01. The number of ether oxygens (including phenoxy) is 3. The maximum atomic E-state index is 12.8. The van der Waals surface area contributed by atoms with E-state index in [2.05, 4.69) is 4.98 Å². The van der Waals surface area contributed by atoms with Crippen molar-refractivity contribution < 1.29 is 19.0 Å². The first-order valence-corrected chi connectivity index (χ1v) is 8.55. The van der Waals surface area contributed by atoms with Crippen LogP contribution in [0.2, 0.25) is 0 Å². The van der Waals surface area contributed by atoms with E-state index in [1.807, 2.05) is 4.90 Å². The Morgan fingerprint density at radius 2 is 2.17 bits per heavy atom. The van der Waals surface area contributed by atoms with Gasteiger partial charge in [-0.1, -0.05) is 0 Å². The molecule has 0 N–H and O–H groups in total. The van der Waals surface area contributed by atoms with E-state index >= 15 is 0 Å². The molecule has 0 unspecified atom stereocenters. The molecular weight excluding hydrogens is 308 g/mol. The molecule has 0 saturated carbocycles. The lowest BCUT2D eigenvalue weighted by Gasteiger charge is -2.48. The second-order valence-corrected chi connectivity index (χ2v) is 6.69. The monoisotopic (exact) mass is 334 g/mol. The van der Waals surface area contributed by atoms with E-state index in [4.69, 9.17) is 14.2 Å². The number of amides is 1. The van der Waals surface area contributed by atoms with Gasteiger partial charge < -0.3 is 19.1 Å². The van der Waals surface area contributed by atoms with Crippen molar-refractivity contribution in [2.45, 2.75) is 19.3 Å². The summed E-state index contributed by atoms with van der Waals surface area (Å²) in [6.07, 6.45) is 4.69. The molecule has 3 heterocycles. The van der Waals surface area contributed by atoms with Crippen molar-refractivity contribution in [1.29, 1.82) is 0 Å². The standard InChI is InChI=1S/C18H26N2O4/c1-22-12-14-13-24-11-7-18(14)5-9-20(10-6-18)17(21)15-4-3-8-19-16(15)23-2/h3-4,8,14H,5-7,9-13H2,1-2H3/t14-/m1/s1. The third kappa shape index (κ3) is 3.26. The van der Waals surface area contributed by atoms with E-state index in [0.717, 1.165) is 52.2 Å². The summed E-state index contributed by atoms with van der Waals surface area (Å²) in [7, 11) is 3.29. The van der Waals surface area contributed by atoms with E-state index in [-0.39, 0.29) is 11.3 Å². The van der Waals surface area contributed by atoms with E-state index in [0.29, 0.717) is 17.4 Å². The fraction of sp³-hybridized carbons (Fsp3) is 0.667. The van der Waals surface area contributed by atoms with Gasteiger partial charge in [-0.2, -0.15) is 0 Å². The molecule has 3 rings (SSSR count). The van der Waals surface area contributed by atoms with E-state index in [1.165, 1.54) is 0 Å². The van der Waals surface area contributed by atoms with Crippen molar-refractivity contribution in [2.24, 2.45) is 11.3 Å². The minimum atomic E-state index is 0.00477. The summed E-state index contributed by atoms with van der Waals surface area (Å²) in [4.78, 5) is 18.9. The van der Waals surface area contributed by atoms with Crippen LogP contribution in [0, 0.1) is 11.3 Å². The first-order valence-electron chi connectivity index (χ1n) is 8.55.